The Labute approximate surface area is 146 Å². The molecule has 1 saturated heterocycles. The van der Waals surface area contributed by atoms with Crippen LogP contribution in [-0.2, 0) is 4.79 Å². The van der Waals surface area contributed by atoms with Crippen LogP contribution in [0, 0.1) is 5.41 Å². The molecular weight excluding hydrogens is 328 g/mol. The zero-order valence-corrected chi connectivity index (χ0v) is 14.9. The first kappa shape index (κ1) is 16.8. The number of piperazine rings is 1. The molecule has 1 aliphatic heterocycles. The predicted molar refractivity (Wildman–Crippen MR) is 93.0 cm³/mol. The van der Waals surface area contributed by atoms with E-state index in [-0.39, 0.29) is 11.3 Å². The SMILES string of the molecule is CC(C)(C)C(=O)N1CCN(c2nnc(-c3ccc(Cl)cc3)o2)CC1. The Balaban J connectivity index is 1.65. The summed E-state index contributed by atoms with van der Waals surface area (Å²) < 4.78 is 5.77. The van der Waals surface area contributed by atoms with Crippen molar-refractivity contribution in [1.82, 2.24) is 15.1 Å². The van der Waals surface area contributed by atoms with Gasteiger partial charge in [0.1, 0.15) is 0 Å². The molecule has 7 heteroatoms. The van der Waals surface area contributed by atoms with Gasteiger partial charge in [-0.1, -0.05) is 37.5 Å². The van der Waals surface area contributed by atoms with Gasteiger partial charge in [-0.3, -0.25) is 4.79 Å². The van der Waals surface area contributed by atoms with Crippen LogP contribution in [-0.4, -0.2) is 47.2 Å². The second kappa shape index (κ2) is 6.43. The summed E-state index contributed by atoms with van der Waals surface area (Å²) in [5, 5.41) is 8.90. The highest BCUT2D eigenvalue weighted by Crippen LogP contribution is 2.25. The first-order chi connectivity index (χ1) is 11.3. The largest absolute Gasteiger partial charge is 0.403 e. The van der Waals surface area contributed by atoms with Crippen LogP contribution in [0.25, 0.3) is 11.5 Å². The van der Waals surface area contributed by atoms with Crippen LogP contribution in [0.4, 0.5) is 6.01 Å². The monoisotopic (exact) mass is 348 g/mol. The molecule has 1 aromatic heterocycles. The van der Waals surface area contributed by atoms with Crippen molar-refractivity contribution in [3.05, 3.63) is 29.3 Å². The Morgan fingerprint density at radius 1 is 1.08 bits per heavy atom. The van der Waals surface area contributed by atoms with Crippen molar-refractivity contribution in [3.63, 3.8) is 0 Å². The third-order valence-corrected chi connectivity index (χ3v) is 4.24. The molecule has 0 bridgehead atoms. The van der Waals surface area contributed by atoms with Crippen molar-refractivity contribution in [2.24, 2.45) is 5.41 Å². The van der Waals surface area contributed by atoms with Crippen molar-refractivity contribution in [3.8, 4) is 11.5 Å². The molecule has 1 amide bonds. The highest BCUT2D eigenvalue weighted by atomic mass is 35.5. The molecule has 0 unspecified atom stereocenters. The summed E-state index contributed by atoms with van der Waals surface area (Å²) in [6, 6.07) is 7.76. The molecule has 0 saturated carbocycles. The summed E-state index contributed by atoms with van der Waals surface area (Å²) in [6.45, 7) is 8.52. The lowest BCUT2D eigenvalue weighted by atomic mass is 9.94. The molecule has 3 rings (SSSR count). The minimum atomic E-state index is -0.353. The summed E-state index contributed by atoms with van der Waals surface area (Å²) in [7, 11) is 0. The molecule has 1 aliphatic rings. The highest BCUT2D eigenvalue weighted by molar-refractivity contribution is 6.30. The summed E-state index contributed by atoms with van der Waals surface area (Å²) in [6.07, 6.45) is 0. The van der Waals surface area contributed by atoms with Crippen molar-refractivity contribution in [2.45, 2.75) is 20.8 Å². The van der Waals surface area contributed by atoms with Gasteiger partial charge in [0.25, 0.3) is 0 Å². The minimum absolute atomic E-state index is 0.175. The van der Waals surface area contributed by atoms with E-state index in [1.165, 1.54) is 0 Å². The lowest BCUT2D eigenvalue weighted by Gasteiger charge is -2.36. The molecule has 2 aromatic rings. The number of carbonyl (C=O) groups excluding carboxylic acids is 1. The second-order valence-electron chi connectivity index (χ2n) is 6.93. The van der Waals surface area contributed by atoms with Gasteiger partial charge in [-0.2, -0.15) is 0 Å². The first-order valence-electron chi connectivity index (χ1n) is 7.98. The summed E-state index contributed by atoms with van der Waals surface area (Å²) >= 11 is 5.89. The van der Waals surface area contributed by atoms with Crippen molar-refractivity contribution < 1.29 is 9.21 Å². The summed E-state index contributed by atoms with van der Waals surface area (Å²) in [4.78, 5) is 16.2. The van der Waals surface area contributed by atoms with Gasteiger partial charge in [0, 0.05) is 42.2 Å². The quantitative estimate of drug-likeness (QED) is 0.834. The second-order valence-corrected chi connectivity index (χ2v) is 7.36. The van der Waals surface area contributed by atoms with Crippen LogP contribution < -0.4 is 4.90 Å². The molecule has 2 heterocycles. The topological polar surface area (TPSA) is 62.5 Å². The van der Waals surface area contributed by atoms with E-state index < -0.39 is 0 Å². The zero-order valence-electron chi connectivity index (χ0n) is 14.1. The number of benzene rings is 1. The van der Waals surface area contributed by atoms with Crippen LogP contribution in [0.15, 0.2) is 28.7 Å². The van der Waals surface area contributed by atoms with Gasteiger partial charge in [0.15, 0.2) is 0 Å². The fraction of sp³-hybridized carbons (Fsp3) is 0.471. The number of amides is 1. The average molecular weight is 349 g/mol. The van der Waals surface area contributed by atoms with Gasteiger partial charge in [-0.25, -0.2) is 0 Å². The standard InChI is InChI=1S/C17H21ClN4O2/c1-17(2,3)15(23)21-8-10-22(11-9-21)16-20-19-14(24-16)12-4-6-13(18)7-5-12/h4-7H,8-11H2,1-3H3. The van der Waals surface area contributed by atoms with Crippen molar-refractivity contribution >= 4 is 23.5 Å². The lowest BCUT2D eigenvalue weighted by molar-refractivity contribution is -0.139. The van der Waals surface area contributed by atoms with Gasteiger partial charge in [0.05, 0.1) is 0 Å². The molecule has 0 spiro atoms. The number of hydrogen-bond acceptors (Lipinski definition) is 5. The third-order valence-electron chi connectivity index (χ3n) is 3.98. The maximum absolute atomic E-state index is 12.3. The number of hydrogen-bond donors (Lipinski definition) is 0. The molecular formula is C17H21ClN4O2. The van der Waals surface area contributed by atoms with Crippen LogP contribution in [0.5, 0.6) is 0 Å². The van der Waals surface area contributed by atoms with E-state index in [0.29, 0.717) is 43.1 Å². The highest BCUT2D eigenvalue weighted by Gasteiger charge is 2.30. The van der Waals surface area contributed by atoms with E-state index in [9.17, 15) is 4.79 Å². The van der Waals surface area contributed by atoms with E-state index in [0.717, 1.165) is 5.56 Å². The molecule has 1 fully saturated rings. The molecule has 0 atom stereocenters. The van der Waals surface area contributed by atoms with Crippen molar-refractivity contribution in [1.29, 1.82) is 0 Å². The number of halogens is 1. The summed E-state index contributed by atoms with van der Waals surface area (Å²) in [5.74, 6) is 0.643. The Kier molecular flexibility index (Phi) is 4.49. The number of anilines is 1. The maximum atomic E-state index is 12.3. The molecule has 24 heavy (non-hydrogen) atoms. The van der Waals surface area contributed by atoms with Gasteiger partial charge in [0.2, 0.25) is 11.8 Å². The number of aromatic nitrogens is 2. The number of nitrogens with zero attached hydrogens (tertiary/aromatic N) is 4. The Morgan fingerprint density at radius 3 is 2.29 bits per heavy atom. The normalized spacial score (nSPS) is 15.7. The maximum Gasteiger partial charge on any atom is 0.318 e. The minimum Gasteiger partial charge on any atom is -0.403 e. The zero-order chi connectivity index (χ0) is 17.3. The Morgan fingerprint density at radius 2 is 1.71 bits per heavy atom. The molecule has 0 N–H and O–H groups in total. The fourth-order valence-electron chi connectivity index (χ4n) is 2.63. The average Bonchev–Trinajstić information content (AvgIpc) is 3.04. The first-order valence-corrected chi connectivity index (χ1v) is 8.36. The molecule has 128 valence electrons. The van der Waals surface area contributed by atoms with Gasteiger partial charge in [-0.15, -0.1) is 5.10 Å². The smallest absolute Gasteiger partial charge is 0.318 e. The van der Waals surface area contributed by atoms with Gasteiger partial charge >= 0.3 is 6.01 Å². The molecule has 0 aliphatic carbocycles. The number of rotatable bonds is 2. The molecule has 1 aromatic carbocycles. The predicted octanol–water partition coefficient (Wildman–Crippen LogP) is 3.08. The molecule has 0 radical (unpaired) electrons. The van der Waals surface area contributed by atoms with Gasteiger partial charge in [-0.05, 0) is 24.3 Å². The van der Waals surface area contributed by atoms with Crippen LogP contribution >= 0.6 is 11.6 Å². The van der Waals surface area contributed by atoms with E-state index >= 15 is 0 Å². The van der Waals surface area contributed by atoms with Crippen molar-refractivity contribution in [2.75, 3.05) is 31.1 Å². The van der Waals surface area contributed by atoms with E-state index in [1.54, 1.807) is 12.1 Å². The van der Waals surface area contributed by atoms with E-state index in [4.69, 9.17) is 16.0 Å². The Bertz CT molecular complexity index is 713. The number of carbonyl (C=O) groups is 1. The van der Waals surface area contributed by atoms with E-state index in [2.05, 4.69) is 10.2 Å². The Hall–Kier alpha value is -2.08. The lowest BCUT2D eigenvalue weighted by Crippen LogP contribution is -2.51. The van der Waals surface area contributed by atoms with Crippen LogP contribution in [0.2, 0.25) is 5.02 Å². The van der Waals surface area contributed by atoms with Crippen LogP contribution in [0.1, 0.15) is 20.8 Å². The van der Waals surface area contributed by atoms with E-state index in [1.807, 2.05) is 42.7 Å². The van der Waals surface area contributed by atoms with Gasteiger partial charge < -0.3 is 14.2 Å². The summed E-state index contributed by atoms with van der Waals surface area (Å²) in [5.41, 5.74) is 0.480. The third kappa shape index (κ3) is 3.53. The fourth-order valence-corrected chi connectivity index (χ4v) is 2.75. The van der Waals surface area contributed by atoms with Crippen LogP contribution in [0.3, 0.4) is 0 Å². The molecule has 6 nitrogen and oxygen atoms in total.